The first-order chi connectivity index (χ1) is 10.5. The van der Waals surface area contributed by atoms with Crippen LogP contribution in [-0.4, -0.2) is 48.4 Å². The number of hydrogen-bond acceptors (Lipinski definition) is 3. The molecule has 2 atom stereocenters. The Hall–Kier alpha value is -1.01. The lowest BCUT2D eigenvalue weighted by Gasteiger charge is -2.27. The Morgan fingerprint density at radius 2 is 2.18 bits per heavy atom. The van der Waals surface area contributed by atoms with Gasteiger partial charge in [0.1, 0.15) is 0 Å². The van der Waals surface area contributed by atoms with Crippen molar-refractivity contribution in [3.8, 4) is 0 Å². The van der Waals surface area contributed by atoms with Gasteiger partial charge in [-0.25, -0.2) is 4.79 Å². The quantitative estimate of drug-likeness (QED) is 0.877. The van der Waals surface area contributed by atoms with Gasteiger partial charge in [0.25, 0.3) is 0 Å². The van der Waals surface area contributed by atoms with Gasteiger partial charge >= 0.3 is 6.09 Å². The topological polar surface area (TPSA) is 75.8 Å². The van der Waals surface area contributed by atoms with Crippen molar-refractivity contribution >= 4 is 29.3 Å². The summed E-state index contributed by atoms with van der Waals surface area (Å²) >= 11 is 12.1. The third kappa shape index (κ3) is 4.26. The van der Waals surface area contributed by atoms with Gasteiger partial charge in [0.2, 0.25) is 0 Å². The second kappa shape index (κ2) is 8.02. The van der Waals surface area contributed by atoms with Crippen molar-refractivity contribution in [3.05, 3.63) is 33.8 Å². The van der Waals surface area contributed by atoms with Crippen LogP contribution in [0.25, 0.3) is 0 Å². The highest BCUT2D eigenvalue weighted by Crippen LogP contribution is 2.32. The number of carbonyl (C=O) groups is 1. The van der Waals surface area contributed by atoms with E-state index in [1.807, 2.05) is 6.07 Å². The maximum absolute atomic E-state index is 11.3. The van der Waals surface area contributed by atoms with Crippen LogP contribution in [0.2, 0.25) is 10.0 Å². The van der Waals surface area contributed by atoms with E-state index in [9.17, 15) is 9.90 Å². The Morgan fingerprint density at radius 3 is 2.82 bits per heavy atom. The molecular weight excluding hydrogens is 327 g/mol. The van der Waals surface area contributed by atoms with Gasteiger partial charge in [-0.3, -0.25) is 0 Å². The second-order valence-electron chi connectivity index (χ2n) is 5.35. The van der Waals surface area contributed by atoms with Crippen molar-refractivity contribution in [2.75, 3.05) is 26.2 Å². The lowest BCUT2D eigenvalue weighted by Crippen LogP contribution is -2.35. The molecule has 0 radical (unpaired) electrons. The number of halogens is 2. The number of benzene rings is 1. The van der Waals surface area contributed by atoms with E-state index in [1.165, 1.54) is 4.90 Å². The van der Waals surface area contributed by atoms with Crippen LogP contribution >= 0.6 is 23.2 Å². The average Bonchev–Trinajstić information content (AvgIpc) is 2.70. The third-order valence-corrected chi connectivity index (χ3v) is 4.63. The van der Waals surface area contributed by atoms with E-state index in [0.29, 0.717) is 36.3 Å². The molecule has 1 aromatic rings. The zero-order valence-corrected chi connectivity index (χ0v) is 13.7. The van der Waals surface area contributed by atoms with E-state index in [0.717, 1.165) is 18.4 Å². The summed E-state index contributed by atoms with van der Waals surface area (Å²) in [5.41, 5.74) is 6.52. The minimum Gasteiger partial charge on any atom is -0.465 e. The molecule has 1 aromatic carbocycles. The van der Waals surface area contributed by atoms with Crippen LogP contribution < -0.4 is 5.73 Å². The number of carboxylic acid groups (broad SMARTS) is 1. The van der Waals surface area contributed by atoms with E-state index < -0.39 is 6.09 Å². The number of hydrogen-bond donors (Lipinski definition) is 2. The Balaban J connectivity index is 2.28. The maximum Gasteiger partial charge on any atom is 0.407 e. The molecule has 1 amide bonds. The van der Waals surface area contributed by atoms with Crippen molar-refractivity contribution in [1.29, 1.82) is 0 Å². The standard InChI is InChI=1S/C15H20Cl2N2O3/c16-12-4-3-10(8-13(12)17)11-9-19(15(20)21)6-7-22-14(11)2-1-5-18/h3-4,8,11,14H,1-2,5-7,9,18H2,(H,20,21)/t11-,14+/m1/s1. The third-order valence-electron chi connectivity index (χ3n) is 3.89. The Morgan fingerprint density at radius 1 is 1.41 bits per heavy atom. The van der Waals surface area contributed by atoms with E-state index >= 15 is 0 Å². The molecule has 0 unspecified atom stereocenters. The predicted molar refractivity (Wildman–Crippen MR) is 86.8 cm³/mol. The zero-order chi connectivity index (χ0) is 16.1. The SMILES string of the molecule is NCCC[C@@H]1OCCN(C(=O)O)C[C@@H]1c1ccc(Cl)c(Cl)c1. The highest BCUT2D eigenvalue weighted by molar-refractivity contribution is 6.42. The number of rotatable bonds is 4. The molecule has 0 saturated carbocycles. The summed E-state index contributed by atoms with van der Waals surface area (Å²) in [5, 5.41) is 10.2. The summed E-state index contributed by atoms with van der Waals surface area (Å²) in [6, 6.07) is 5.40. The van der Waals surface area contributed by atoms with Crippen LogP contribution in [0.4, 0.5) is 4.79 Å². The number of ether oxygens (including phenoxy) is 1. The van der Waals surface area contributed by atoms with Crippen LogP contribution in [0.3, 0.4) is 0 Å². The van der Waals surface area contributed by atoms with Crippen LogP contribution in [0.1, 0.15) is 24.3 Å². The average molecular weight is 347 g/mol. The van der Waals surface area contributed by atoms with E-state index in [1.54, 1.807) is 12.1 Å². The first-order valence-electron chi connectivity index (χ1n) is 7.27. The van der Waals surface area contributed by atoms with Crippen molar-refractivity contribution in [2.24, 2.45) is 5.73 Å². The predicted octanol–water partition coefficient (Wildman–Crippen LogP) is 3.19. The largest absolute Gasteiger partial charge is 0.465 e. The van der Waals surface area contributed by atoms with Gasteiger partial charge in [-0.1, -0.05) is 29.3 Å². The molecule has 122 valence electrons. The fraction of sp³-hybridized carbons (Fsp3) is 0.533. The minimum atomic E-state index is -0.937. The van der Waals surface area contributed by atoms with Gasteiger partial charge in [-0.05, 0) is 37.1 Å². The molecule has 1 heterocycles. The second-order valence-corrected chi connectivity index (χ2v) is 6.16. The normalized spacial score (nSPS) is 22.4. The smallest absolute Gasteiger partial charge is 0.407 e. The van der Waals surface area contributed by atoms with Gasteiger partial charge in [-0.15, -0.1) is 0 Å². The summed E-state index contributed by atoms with van der Waals surface area (Å²) in [6.45, 7) is 1.71. The van der Waals surface area contributed by atoms with Crippen LogP contribution in [0.15, 0.2) is 18.2 Å². The fourth-order valence-corrected chi connectivity index (χ4v) is 3.02. The Labute approximate surface area is 139 Å². The summed E-state index contributed by atoms with van der Waals surface area (Å²) in [5.74, 6) is -0.0834. The zero-order valence-electron chi connectivity index (χ0n) is 12.2. The van der Waals surface area contributed by atoms with Gasteiger partial charge in [0.15, 0.2) is 0 Å². The Kier molecular flexibility index (Phi) is 6.32. The van der Waals surface area contributed by atoms with Crippen molar-refractivity contribution in [2.45, 2.75) is 24.9 Å². The van der Waals surface area contributed by atoms with Crippen LogP contribution in [0, 0.1) is 0 Å². The molecule has 22 heavy (non-hydrogen) atoms. The molecule has 5 nitrogen and oxygen atoms in total. The molecule has 0 bridgehead atoms. The summed E-state index contributed by atoms with van der Waals surface area (Å²) < 4.78 is 5.89. The molecule has 1 aliphatic heterocycles. The first-order valence-corrected chi connectivity index (χ1v) is 8.03. The molecular formula is C15H20Cl2N2O3. The minimum absolute atomic E-state index is 0.0786. The summed E-state index contributed by atoms with van der Waals surface area (Å²) in [7, 11) is 0. The van der Waals surface area contributed by atoms with Crippen molar-refractivity contribution < 1.29 is 14.6 Å². The van der Waals surface area contributed by atoms with E-state index in [2.05, 4.69) is 0 Å². The molecule has 7 heteroatoms. The molecule has 1 aliphatic rings. The van der Waals surface area contributed by atoms with E-state index in [-0.39, 0.29) is 12.0 Å². The van der Waals surface area contributed by atoms with E-state index in [4.69, 9.17) is 33.7 Å². The van der Waals surface area contributed by atoms with Crippen molar-refractivity contribution in [1.82, 2.24) is 4.90 Å². The highest BCUT2D eigenvalue weighted by Gasteiger charge is 2.31. The lowest BCUT2D eigenvalue weighted by atomic mass is 9.90. The molecule has 0 spiro atoms. The Bertz CT molecular complexity index is 528. The molecule has 0 aliphatic carbocycles. The molecule has 3 N–H and O–H groups in total. The van der Waals surface area contributed by atoms with Gasteiger partial charge in [-0.2, -0.15) is 0 Å². The number of amides is 1. The monoisotopic (exact) mass is 346 g/mol. The van der Waals surface area contributed by atoms with Crippen LogP contribution in [-0.2, 0) is 4.74 Å². The maximum atomic E-state index is 11.3. The highest BCUT2D eigenvalue weighted by atomic mass is 35.5. The summed E-state index contributed by atoms with van der Waals surface area (Å²) in [4.78, 5) is 12.7. The molecule has 2 rings (SSSR count). The fourth-order valence-electron chi connectivity index (χ4n) is 2.72. The molecule has 1 fully saturated rings. The molecule has 0 aromatic heterocycles. The first kappa shape index (κ1) is 17.3. The number of nitrogens with two attached hydrogens (primary N) is 1. The van der Waals surface area contributed by atoms with Gasteiger partial charge in [0, 0.05) is 19.0 Å². The van der Waals surface area contributed by atoms with Crippen molar-refractivity contribution in [3.63, 3.8) is 0 Å². The number of nitrogens with zero attached hydrogens (tertiary/aromatic N) is 1. The summed E-state index contributed by atoms with van der Waals surface area (Å²) in [6.07, 6.45) is 0.600. The van der Waals surface area contributed by atoms with Gasteiger partial charge in [0.05, 0.1) is 22.8 Å². The molecule has 1 saturated heterocycles. The van der Waals surface area contributed by atoms with Gasteiger partial charge < -0.3 is 20.5 Å². The van der Waals surface area contributed by atoms with Crippen LogP contribution in [0.5, 0.6) is 0 Å². The lowest BCUT2D eigenvalue weighted by molar-refractivity contribution is 0.0442.